The van der Waals surface area contributed by atoms with Crippen molar-refractivity contribution in [1.82, 2.24) is 4.98 Å². The summed E-state index contributed by atoms with van der Waals surface area (Å²) in [6, 6.07) is 62.9. The van der Waals surface area contributed by atoms with Gasteiger partial charge in [0.15, 0.2) is 0 Å². The lowest BCUT2D eigenvalue weighted by atomic mass is 9.96. The van der Waals surface area contributed by atoms with E-state index in [-0.39, 0.29) is 0 Å². The van der Waals surface area contributed by atoms with Crippen molar-refractivity contribution in [2.45, 2.75) is 0 Å². The molecule has 3 heteroatoms. The molecule has 0 N–H and O–H groups in total. The minimum Gasteiger partial charge on any atom is -0.455 e. The summed E-state index contributed by atoms with van der Waals surface area (Å²) >= 11 is 0. The first-order valence-corrected chi connectivity index (χ1v) is 17.0. The van der Waals surface area contributed by atoms with Gasteiger partial charge in [0.25, 0.3) is 0 Å². The van der Waals surface area contributed by atoms with Crippen LogP contribution < -0.4 is 4.90 Å². The maximum atomic E-state index is 6.49. The van der Waals surface area contributed by atoms with Crippen LogP contribution in [0.25, 0.3) is 76.6 Å². The second kappa shape index (κ2) is 11.5. The fourth-order valence-corrected chi connectivity index (χ4v) is 7.47. The maximum absolute atomic E-state index is 6.49. The van der Waals surface area contributed by atoms with Crippen molar-refractivity contribution >= 4 is 71.4 Å². The van der Waals surface area contributed by atoms with Crippen LogP contribution in [0.4, 0.5) is 17.1 Å². The van der Waals surface area contributed by atoms with Gasteiger partial charge in [-0.2, -0.15) is 0 Å². The number of para-hydroxylation sites is 1. The van der Waals surface area contributed by atoms with Gasteiger partial charge in [0.05, 0.1) is 11.2 Å². The summed E-state index contributed by atoms with van der Waals surface area (Å²) in [5.74, 6) is 0. The number of fused-ring (bicyclic) bond motifs is 7. The lowest BCUT2D eigenvalue weighted by Gasteiger charge is -2.28. The van der Waals surface area contributed by atoms with Gasteiger partial charge in [0, 0.05) is 39.3 Å². The lowest BCUT2D eigenvalue weighted by molar-refractivity contribution is 0.672. The molecule has 234 valence electrons. The fourth-order valence-electron chi connectivity index (χ4n) is 7.47. The molecule has 0 radical (unpaired) electrons. The summed E-state index contributed by atoms with van der Waals surface area (Å²) in [4.78, 5) is 6.94. The van der Waals surface area contributed by atoms with E-state index in [4.69, 9.17) is 4.42 Å². The molecule has 2 heterocycles. The third-order valence-electron chi connectivity index (χ3n) is 9.89. The predicted molar refractivity (Wildman–Crippen MR) is 210 cm³/mol. The molecule has 0 bridgehead atoms. The summed E-state index contributed by atoms with van der Waals surface area (Å²) in [6.45, 7) is 0. The van der Waals surface area contributed by atoms with Crippen molar-refractivity contribution in [3.05, 3.63) is 182 Å². The average molecular weight is 639 g/mol. The normalized spacial score (nSPS) is 11.6. The van der Waals surface area contributed by atoms with Crippen LogP contribution in [0.5, 0.6) is 0 Å². The van der Waals surface area contributed by atoms with E-state index >= 15 is 0 Å². The molecule has 8 aromatic carbocycles. The minimum atomic E-state index is 0.856. The Kier molecular flexibility index (Phi) is 6.49. The quantitative estimate of drug-likeness (QED) is 0.188. The molecule has 0 saturated heterocycles. The Morgan fingerprint density at radius 2 is 1.14 bits per heavy atom. The van der Waals surface area contributed by atoms with E-state index in [0.29, 0.717) is 0 Å². The zero-order chi connectivity index (χ0) is 33.0. The number of furan rings is 1. The van der Waals surface area contributed by atoms with Crippen molar-refractivity contribution in [1.29, 1.82) is 0 Å². The highest BCUT2D eigenvalue weighted by molar-refractivity contribution is 6.15. The van der Waals surface area contributed by atoms with Crippen LogP contribution in [0, 0.1) is 0 Å². The summed E-state index contributed by atoms with van der Waals surface area (Å²) in [5, 5.41) is 8.11. The number of hydrogen-bond acceptors (Lipinski definition) is 3. The largest absolute Gasteiger partial charge is 0.455 e. The van der Waals surface area contributed by atoms with E-state index in [1.54, 1.807) is 0 Å². The molecule has 0 fully saturated rings. The Hall–Kier alpha value is -6.71. The van der Waals surface area contributed by atoms with Crippen molar-refractivity contribution in [3.63, 3.8) is 0 Å². The Morgan fingerprint density at radius 1 is 0.420 bits per heavy atom. The number of pyridine rings is 1. The monoisotopic (exact) mass is 638 g/mol. The van der Waals surface area contributed by atoms with Crippen LogP contribution in [0.3, 0.4) is 0 Å². The predicted octanol–water partition coefficient (Wildman–Crippen LogP) is 13.2. The Morgan fingerprint density at radius 3 is 2.06 bits per heavy atom. The molecule has 0 amide bonds. The summed E-state index contributed by atoms with van der Waals surface area (Å²) in [7, 11) is 0. The van der Waals surface area contributed by atoms with Crippen LogP contribution in [0.1, 0.15) is 0 Å². The zero-order valence-electron chi connectivity index (χ0n) is 27.1. The molecular weight excluding hydrogens is 609 g/mol. The zero-order valence-corrected chi connectivity index (χ0v) is 27.1. The number of nitrogens with zero attached hydrogens (tertiary/aromatic N) is 2. The summed E-state index contributed by atoms with van der Waals surface area (Å²) in [5.41, 5.74) is 10.6. The third kappa shape index (κ3) is 4.63. The summed E-state index contributed by atoms with van der Waals surface area (Å²) < 4.78 is 6.49. The third-order valence-corrected chi connectivity index (χ3v) is 9.89. The van der Waals surface area contributed by atoms with E-state index in [1.807, 2.05) is 12.3 Å². The van der Waals surface area contributed by atoms with Gasteiger partial charge in [0.1, 0.15) is 11.2 Å². The van der Waals surface area contributed by atoms with E-state index < -0.39 is 0 Å². The Balaban J connectivity index is 1.18. The molecule has 0 aliphatic rings. The number of rotatable bonds is 5. The average Bonchev–Trinajstić information content (AvgIpc) is 3.57. The van der Waals surface area contributed by atoms with E-state index in [1.165, 1.54) is 38.2 Å². The molecule has 0 unspecified atom stereocenters. The lowest BCUT2D eigenvalue weighted by Crippen LogP contribution is -2.11. The smallest absolute Gasteiger partial charge is 0.144 e. The van der Waals surface area contributed by atoms with Crippen molar-refractivity contribution in [2.75, 3.05) is 4.90 Å². The van der Waals surface area contributed by atoms with Crippen LogP contribution in [-0.2, 0) is 0 Å². The molecule has 0 saturated carbocycles. The molecule has 0 aliphatic heterocycles. The number of anilines is 3. The maximum Gasteiger partial charge on any atom is 0.144 e. The van der Waals surface area contributed by atoms with Crippen LogP contribution in [0.2, 0.25) is 0 Å². The van der Waals surface area contributed by atoms with Gasteiger partial charge in [-0.05, 0) is 105 Å². The van der Waals surface area contributed by atoms with Gasteiger partial charge in [-0.25, -0.2) is 0 Å². The Bertz CT molecular complexity index is 2880. The molecule has 3 nitrogen and oxygen atoms in total. The van der Waals surface area contributed by atoms with Gasteiger partial charge in [-0.3, -0.25) is 4.98 Å². The highest BCUT2D eigenvalue weighted by Crippen LogP contribution is 2.45. The molecule has 10 rings (SSSR count). The molecule has 10 aromatic rings. The second-order valence-electron chi connectivity index (χ2n) is 12.8. The first-order chi connectivity index (χ1) is 24.8. The van der Waals surface area contributed by atoms with E-state index in [2.05, 4.69) is 180 Å². The molecular formula is C47H30N2O. The molecule has 2 aromatic heterocycles. The minimum absolute atomic E-state index is 0.856. The summed E-state index contributed by atoms with van der Waals surface area (Å²) in [6.07, 6.45) is 1.82. The molecule has 50 heavy (non-hydrogen) atoms. The van der Waals surface area contributed by atoms with E-state index in [9.17, 15) is 0 Å². The van der Waals surface area contributed by atoms with Crippen LogP contribution in [-0.4, -0.2) is 4.98 Å². The van der Waals surface area contributed by atoms with Gasteiger partial charge in [-0.1, -0.05) is 109 Å². The molecule has 0 aliphatic carbocycles. The second-order valence-corrected chi connectivity index (χ2v) is 12.8. The molecule has 0 atom stereocenters. The fraction of sp³-hybridized carbons (Fsp3) is 0. The highest BCUT2D eigenvalue weighted by atomic mass is 16.3. The first kappa shape index (κ1) is 28.3. The van der Waals surface area contributed by atoms with Gasteiger partial charge < -0.3 is 9.32 Å². The SMILES string of the molecule is c1ccc(N(c2ccc(-c3ccc4ccccc4c3)cc2)c2ccc3oc4c5cccnc5ccc4c3c2)c(-c2cccc3ccccc23)c1. The van der Waals surface area contributed by atoms with Crippen LogP contribution in [0.15, 0.2) is 187 Å². The Labute approximate surface area is 289 Å². The van der Waals surface area contributed by atoms with Gasteiger partial charge >= 0.3 is 0 Å². The standard InChI is InChI=1S/C47H30N2O/c1-2-11-34-29-35(19-18-31(34)9-1)32-20-22-36(23-21-32)49(45-17-6-5-14-40(45)39-15-7-12-33-10-3-4-13-38(33)39)37-24-27-46-43(30-37)41-25-26-44-42(47(41)50-46)16-8-28-48-44/h1-30H. The van der Waals surface area contributed by atoms with Crippen molar-refractivity contribution in [3.8, 4) is 22.3 Å². The van der Waals surface area contributed by atoms with Gasteiger partial charge in [-0.15, -0.1) is 0 Å². The van der Waals surface area contributed by atoms with Gasteiger partial charge in [0.2, 0.25) is 0 Å². The van der Waals surface area contributed by atoms with Crippen molar-refractivity contribution in [2.24, 2.45) is 0 Å². The van der Waals surface area contributed by atoms with E-state index in [0.717, 1.165) is 55.5 Å². The topological polar surface area (TPSA) is 29.3 Å². The highest BCUT2D eigenvalue weighted by Gasteiger charge is 2.20. The number of benzene rings is 8. The van der Waals surface area contributed by atoms with Crippen molar-refractivity contribution < 1.29 is 4.42 Å². The molecule has 0 spiro atoms. The number of hydrogen-bond donors (Lipinski definition) is 0. The first-order valence-electron chi connectivity index (χ1n) is 17.0. The number of aromatic nitrogens is 1. The van der Waals surface area contributed by atoms with Crippen LogP contribution >= 0.6 is 0 Å².